The highest BCUT2D eigenvalue weighted by molar-refractivity contribution is 9.10. The number of furan rings is 1. The Morgan fingerprint density at radius 2 is 1.11 bits per heavy atom. The monoisotopic (exact) mass is 981 g/mol. The number of halogens is 5. The van der Waals surface area contributed by atoms with Gasteiger partial charge in [0.05, 0.1) is 0 Å². The van der Waals surface area contributed by atoms with Crippen molar-refractivity contribution in [2.45, 2.75) is 12.9 Å². The van der Waals surface area contributed by atoms with Crippen molar-refractivity contribution in [2.75, 3.05) is 6.51 Å². The molecule has 0 bridgehead atoms. The number of rotatable bonds is 1. The first kappa shape index (κ1) is 44.3. The van der Waals surface area contributed by atoms with Crippen LogP contribution in [0, 0.1) is 0 Å². The maximum atomic E-state index is 12.3. The number of ketones is 1. The number of Topliss-reactive ketones (excluding diaryl/α,β-unsaturated/α-hetero) is 1. The fourth-order valence-corrected chi connectivity index (χ4v) is 8.03. The lowest BCUT2D eigenvalue weighted by molar-refractivity contribution is -0.0510. The largest absolute Gasteiger partial charge is 0.522 e. The molecule has 62 heavy (non-hydrogen) atoms. The van der Waals surface area contributed by atoms with Crippen molar-refractivity contribution < 1.29 is 45.6 Å². The molecule has 1 aromatic heterocycles. The molecular weight excluding hydrogens is 948 g/mol. The van der Waals surface area contributed by atoms with Gasteiger partial charge >= 0.3 is 15.6 Å². The predicted molar refractivity (Wildman–Crippen MR) is 253 cm³/mol. The number of aliphatic hydroxyl groups is 1. The zero-order chi connectivity index (χ0) is 44.5. The first-order valence-electron chi connectivity index (χ1n) is 18.6. The lowest BCUT2D eigenvalue weighted by atomic mass is 9.83. The maximum absolute atomic E-state index is 12.3. The minimum atomic E-state index is -5.84. The Balaban J connectivity index is 0.000000149. The quantitative estimate of drug-likeness (QED) is 0.0492. The average Bonchev–Trinajstić information content (AvgIpc) is 3.64. The van der Waals surface area contributed by atoms with Crippen molar-refractivity contribution in [3.05, 3.63) is 166 Å². The molecule has 0 amide bonds. The normalized spacial score (nSPS) is 12.3. The molecule has 1 aliphatic rings. The number of fused-ring (bicyclic) bond motifs is 5. The van der Waals surface area contributed by atoms with Crippen LogP contribution in [0.2, 0.25) is 0 Å². The van der Waals surface area contributed by atoms with Crippen LogP contribution in [0.25, 0.3) is 81.4 Å². The summed E-state index contributed by atoms with van der Waals surface area (Å²) in [6.07, 6.45) is 0. The van der Waals surface area contributed by atoms with E-state index in [0.717, 1.165) is 47.4 Å². The molecule has 0 saturated heterocycles. The second kappa shape index (κ2) is 18.3. The van der Waals surface area contributed by atoms with Crippen LogP contribution in [-0.2, 0) is 10.1 Å². The molecule has 0 aliphatic heterocycles. The highest BCUT2D eigenvalue weighted by Gasteiger charge is 2.44. The summed E-state index contributed by atoms with van der Waals surface area (Å²) in [6.45, 7) is 3.94. The minimum Gasteiger partial charge on any atom is -0.508 e. The van der Waals surface area contributed by atoms with Crippen LogP contribution in [0.15, 0.2) is 159 Å². The fraction of sp³-hybridized carbons (Fsp3) is 0.0625. The maximum Gasteiger partial charge on any atom is 0.522 e. The van der Waals surface area contributed by atoms with Crippen molar-refractivity contribution in [2.24, 2.45) is 0 Å². The molecule has 0 atom stereocenters. The van der Waals surface area contributed by atoms with Gasteiger partial charge in [-0.15, -0.1) is 0 Å². The third kappa shape index (κ3) is 8.79. The number of allylic oxidation sites excluding steroid dienone is 1. The first-order chi connectivity index (χ1) is 29.5. The van der Waals surface area contributed by atoms with E-state index in [1.807, 2.05) is 36.4 Å². The van der Waals surface area contributed by atoms with Crippen LogP contribution < -0.4 is 0 Å². The molecule has 0 unspecified atom stereocenters. The van der Waals surface area contributed by atoms with Gasteiger partial charge in [-0.1, -0.05) is 143 Å². The van der Waals surface area contributed by atoms with Gasteiger partial charge in [0.2, 0.25) is 1.43 Å². The summed E-state index contributed by atoms with van der Waals surface area (Å²) in [7, 11) is -1.22. The van der Waals surface area contributed by atoms with Gasteiger partial charge in [0, 0.05) is 53.5 Å². The Bertz CT molecular complexity index is 3340. The van der Waals surface area contributed by atoms with Crippen molar-refractivity contribution in [1.82, 2.24) is 0 Å². The molecule has 9 aromatic carbocycles. The summed E-state index contributed by atoms with van der Waals surface area (Å²) in [4.78, 5) is 12.3. The van der Waals surface area contributed by atoms with E-state index in [1.165, 1.54) is 48.5 Å². The zero-order valence-electron chi connectivity index (χ0n) is 32.5. The van der Waals surface area contributed by atoms with E-state index in [9.17, 15) is 18.0 Å². The highest BCUT2D eigenvalue weighted by Crippen LogP contribution is 2.45. The number of aliphatic hydroxyl groups excluding tert-OH is 1. The van der Waals surface area contributed by atoms with Gasteiger partial charge in [-0.05, 0) is 85.7 Å². The number of hydrogen-bond acceptors (Lipinski definition) is 6. The van der Waals surface area contributed by atoms with Gasteiger partial charge in [-0.3, -0.25) is 9.35 Å². The van der Waals surface area contributed by atoms with Gasteiger partial charge < -0.3 is 14.6 Å². The molecule has 3 N–H and O–H groups in total. The predicted octanol–water partition coefficient (Wildman–Crippen LogP) is 13.7. The van der Waals surface area contributed by atoms with E-state index >= 15 is 0 Å². The van der Waals surface area contributed by atoms with Gasteiger partial charge in [-0.2, -0.15) is 21.6 Å². The molecule has 1 heterocycles. The Labute approximate surface area is 373 Å². The molecule has 0 fully saturated rings. The Morgan fingerprint density at radius 1 is 0.661 bits per heavy atom. The Hall–Kier alpha value is -5.77. The van der Waals surface area contributed by atoms with Crippen LogP contribution in [0.4, 0.5) is 13.2 Å². The van der Waals surface area contributed by atoms with E-state index in [2.05, 4.69) is 130 Å². The number of carbonyl (C=O) groups is 1. The van der Waals surface area contributed by atoms with E-state index in [4.69, 9.17) is 23.9 Å². The molecule has 1 aliphatic carbocycles. The third-order valence-corrected chi connectivity index (χ3v) is 11.5. The molecule has 14 heteroatoms. The number of carbonyl (C=O) groups excluding carboxylic acids is 1. The zero-order valence-corrected chi connectivity index (χ0v) is 35.5. The summed E-state index contributed by atoms with van der Waals surface area (Å²) >= 11 is 6.84. The van der Waals surface area contributed by atoms with Gasteiger partial charge in [0.15, 0.2) is 5.78 Å². The summed E-state index contributed by atoms with van der Waals surface area (Å²) in [5.41, 5.74) is -1.26. The number of aromatic hydroxyl groups is 1. The van der Waals surface area contributed by atoms with Crippen molar-refractivity contribution >= 4 is 137 Å². The number of phenolic OH excluding ortho intramolecular Hbond substituents is 1. The number of hydrogen-bond donors (Lipinski definition) is 3. The summed E-state index contributed by atoms with van der Waals surface area (Å²) in [5.74, 6) is 0.347. The molecular formula is C48H34BBr2F3O7S. The molecule has 312 valence electrons. The Kier molecular flexibility index (Phi) is 13.1. The molecule has 11 rings (SSSR count). The minimum absolute atomic E-state index is 0. The highest BCUT2D eigenvalue weighted by atomic mass is 79.9. The van der Waals surface area contributed by atoms with Crippen LogP contribution in [0.1, 0.15) is 23.3 Å². The molecule has 0 saturated carbocycles. The van der Waals surface area contributed by atoms with Gasteiger partial charge in [0.1, 0.15) is 24.8 Å². The Morgan fingerprint density at radius 3 is 1.63 bits per heavy atom. The van der Waals surface area contributed by atoms with Crippen LogP contribution >= 0.6 is 31.9 Å². The fourth-order valence-electron chi connectivity index (χ4n) is 7.40. The summed E-state index contributed by atoms with van der Waals surface area (Å²) < 4.78 is 71.7. The lowest BCUT2D eigenvalue weighted by Crippen LogP contribution is -2.21. The summed E-state index contributed by atoms with van der Waals surface area (Å²) in [6, 6.07) is 46.6. The van der Waals surface area contributed by atoms with Crippen molar-refractivity contribution in [3.63, 3.8) is 0 Å². The molecule has 0 spiro atoms. The molecule has 2 radical (unpaired) electrons. The first-order valence-corrected chi connectivity index (χ1v) is 21.2. The number of benzene rings is 9. The second-order valence-electron chi connectivity index (χ2n) is 13.6. The summed E-state index contributed by atoms with van der Waals surface area (Å²) in [5, 5.41) is 26.8. The average molecular weight is 983 g/mol. The van der Waals surface area contributed by atoms with Crippen molar-refractivity contribution in [3.8, 4) is 5.75 Å². The molecule has 7 nitrogen and oxygen atoms in total. The third-order valence-electron chi connectivity index (χ3n) is 9.90. The van der Waals surface area contributed by atoms with Crippen LogP contribution in [0.3, 0.4) is 0 Å². The van der Waals surface area contributed by atoms with E-state index in [0.29, 0.717) is 11.3 Å². The van der Waals surface area contributed by atoms with Crippen molar-refractivity contribution in [1.29, 1.82) is 1.43 Å². The van der Waals surface area contributed by atoms with Gasteiger partial charge in [0.25, 0.3) is 0 Å². The molecule has 10 aromatic rings. The van der Waals surface area contributed by atoms with Crippen LogP contribution in [-0.4, -0.2) is 50.3 Å². The standard InChI is InChI=1S/C22H11BrO.C17H10O.C6H5BrO.CH3BO.CHF3O3S.CH4/c23-14-9-10-18-17(11-14)21-15-5-1-3-12-7-8-13-4-2-6-16(22(21)24-18)20(13)19(12)15;1-10-13-6-2-4-11-8-9-12-5-3-7-14(17(10)18)16(12)15(11)13;7-5-1-3-6(8)4-2-5;2-1-3;2-1(3,4)8(5,6)7;/h1-11H;2-9H,1H2;1-4,8H;3H,1H2;(H,5,6,7);1H4/i;;;3D;;. The van der Waals surface area contributed by atoms with E-state index in [-0.39, 0.29) is 19.7 Å². The van der Waals surface area contributed by atoms with E-state index < -0.39 is 15.6 Å². The number of phenols is 1. The SMILES string of the molecule is Brc1ccc2oc3c4cccc5ccc6cccc(c3c2c1)c6c54.C.C=C1C(=O)c2cccc3ccc4cccc1c4c23.O=S(=O)(O)C(F)(F)F.Oc1ccc(Br)cc1.[2H]OC[B]. The van der Waals surface area contributed by atoms with E-state index in [1.54, 1.807) is 24.3 Å². The van der Waals surface area contributed by atoms with Gasteiger partial charge in [-0.25, -0.2) is 0 Å². The topological polar surface area (TPSA) is 125 Å². The number of alkyl halides is 3. The second-order valence-corrected chi connectivity index (χ2v) is 16.8. The van der Waals surface area contributed by atoms with Crippen LogP contribution in [0.5, 0.6) is 5.75 Å². The lowest BCUT2D eigenvalue weighted by Gasteiger charge is -2.19. The smallest absolute Gasteiger partial charge is 0.508 e.